The fourth-order valence-electron chi connectivity index (χ4n) is 3.89. The zero-order valence-corrected chi connectivity index (χ0v) is 17.6. The van der Waals surface area contributed by atoms with Crippen LogP contribution in [0, 0.1) is 5.92 Å². The van der Waals surface area contributed by atoms with Crippen LogP contribution in [0.1, 0.15) is 32.1 Å². The first-order valence-corrected chi connectivity index (χ1v) is 10.5. The van der Waals surface area contributed by atoms with Crippen LogP contribution in [0.15, 0.2) is 4.99 Å². The maximum Gasteiger partial charge on any atom is 0.193 e. The molecule has 2 saturated heterocycles. The van der Waals surface area contributed by atoms with Gasteiger partial charge in [-0.2, -0.15) is 0 Å². The van der Waals surface area contributed by atoms with E-state index in [-0.39, 0.29) is 0 Å². The molecule has 2 aliphatic rings. The number of rotatable bonds is 10. The Morgan fingerprint density at radius 1 is 0.963 bits per heavy atom. The molecule has 0 atom stereocenters. The highest BCUT2D eigenvalue weighted by Crippen LogP contribution is 2.17. The molecular weight excluding hydrogens is 344 g/mol. The number of guanidine groups is 1. The van der Waals surface area contributed by atoms with E-state index in [9.17, 15) is 0 Å². The molecule has 2 rings (SSSR count). The van der Waals surface area contributed by atoms with E-state index in [1.54, 1.807) is 14.2 Å². The zero-order valence-electron chi connectivity index (χ0n) is 17.6. The van der Waals surface area contributed by atoms with Gasteiger partial charge in [-0.1, -0.05) is 0 Å². The summed E-state index contributed by atoms with van der Waals surface area (Å²) < 4.78 is 16.2. The second-order valence-electron chi connectivity index (χ2n) is 7.61. The molecule has 7 heteroatoms. The number of hydrogen-bond acceptors (Lipinski definition) is 5. The lowest BCUT2D eigenvalue weighted by Gasteiger charge is -2.36. The van der Waals surface area contributed by atoms with Crippen molar-refractivity contribution in [3.8, 4) is 0 Å². The molecule has 0 aromatic heterocycles. The lowest BCUT2D eigenvalue weighted by molar-refractivity contribution is 0.00986. The van der Waals surface area contributed by atoms with E-state index in [0.717, 1.165) is 77.1 Å². The summed E-state index contributed by atoms with van der Waals surface area (Å²) in [5.74, 6) is 1.79. The molecule has 1 N–H and O–H groups in total. The number of hydrogen-bond donors (Lipinski definition) is 1. The molecule has 0 unspecified atom stereocenters. The van der Waals surface area contributed by atoms with E-state index in [4.69, 9.17) is 14.2 Å². The largest absolute Gasteiger partial charge is 0.385 e. The molecular formula is C20H40N4O3. The van der Waals surface area contributed by atoms with Gasteiger partial charge >= 0.3 is 0 Å². The minimum absolute atomic E-state index is 0.382. The van der Waals surface area contributed by atoms with Crippen molar-refractivity contribution in [3.05, 3.63) is 0 Å². The Morgan fingerprint density at radius 2 is 1.67 bits per heavy atom. The summed E-state index contributed by atoms with van der Waals surface area (Å²) in [5, 5.41) is 3.62. The van der Waals surface area contributed by atoms with Crippen LogP contribution in [-0.4, -0.2) is 102 Å². The average Bonchev–Trinajstić information content (AvgIpc) is 2.72. The minimum Gasteiger partial charge on any atom is -0.385 e. The van der Waals surface area contributed by atoms with Crippen molar-refractivity contribution >= 4 is 5.96 Å². The molecule has 0 radical (unpaired) electrons. The Bertz CT molecular complexity index is 406. The molecule has 0 bridgehead atoms. The van der Waals surface area contributed by atoms with Crippen molar-refractivity contribution in [1.82, 2.24) is 15.1 Å². The molecule has 0 aromatic carbocycles. The summed E-state index contributed by atoms with van der Waals surface area (Å²) in [4.78, 5) is 9.39. The van der Waals surface area contributed by atoms with E-state index in [0.29, 0.717) is 6.10 Å². The molecule has 7 nitrogen and oxygen atoms in total. The van der Waals surface area contributed by atoms with Crippen LogP contribution >= 0.6 is 0 Å². The highest BCUT2D eigenvalue weighted by molar-refractivity contribution is 5.79. The summed E-state index contributed by atoms with van der Waals surface area (Å²) in [6, 6.07) is 0. The third-order valence-corrected chi connectivity index (χ3v) is 5.67. The zero-order chi connectivity index (χ0) is 19.3. The number of likely N-dealkylation sites (tertiary alicyclic amines) is 2. The smallest absolute Gasteiger partial charge is 0.193 e. The highest BCUT2D eigenvalue weighted by atomic mass is 16.5. The first-order chi connectivity index (χ1) is 13.3. The van der Waals surface area contributed by atoms with Gasteiger partial charge in [-0.3, -0.25) is 4.99 Å². The minimum atomic E-state index is 0.382. The summed E-state index contributed by atoms with van der Waals surface area (Å²) in [7, 11) is 5.41. The van der Waals surface area contributed by atoms with Gasteiger partial charge in [-0.25, -0.2) is 0 Å². The Labute approximate surface area is 165 Å². The fraction of sp³-hybridized carbons (Fsp3) is 0.950. The molecule has 0 spiro atoms. The molecule has 0 saturated carbocycles. The predicted molar refractivity (Wildman–Crippen MR) is 109 cm³/mol. The summed E-state index contributed by atoms with van der Waals surface area (Å²) in [6.07, 6.45) is 6.02. The number of aliphatic imine (C=N–C) groups is 1. The van der Waals surface area contributed by atoms with Crippen LogP contribution in [0.5, 0.6) is 0 Å². The Morgan fingerprint density at radius 3 is 2.30 bits per heavy atom. The van der Waals surface area contributed by atoms with Crippen LogP contribution in [0.2, 0.25) is 0 Å². The predicted octanol–water partition coefficient (Wildman–Crippen LogP) is 1.44. The molecule has 158 valence electrons. The van der Waals surface area contributed by atoms with Crippen LogP contribution in [0.4, 0.5) is 0 Å². The molecule has 0 aliphatic carbocycles. The number of ether oxygens (including phenoxy) is 3. The van der Waals surface area contributed by atoms with Gasteiger partial charge in [-0.05, 0) is 51.1 Å². The second kappa shape index (κ2) is 13.3. The van der Waals surface area contributed by atoms with Crippen LogP contribution in [0.3, 0.4) is 0 Å². The SMILES string of the molecule is CN=C(NCC1CCN(CCOC)CC1)N1CCC(OCCCOC)CC1. The molecule has 0 amide bonds. The maximum atomic E-state index is 5.96. The van der Waals surface area contributed by atoms with Gasteiger partial charge in [0.2, 0.25) is 0 Å². The monoisotopic (exact) mass is 384 g/mol. The third kappa shape index (κ3) is 8.34. The number of nitrogens with one attached hydrogen (secondary N) is 1. The maximum absolute atomic E-state index is 5.96. The molecule has 27 heavy (non-hydrogen) atoms. The van der Waals surface area contributed by atoms with Gasteiger partial charge in [0.1, 0.15) is 0 Å². The van der Waals surface area contributed by atoms with Crippen molar-refractivity contribution in [3.63, 3.8) is 0 Å². The highest BCUT2D eigenvalue weighted by Gasteiger charge is 2.23. The van der Waals surface area contributed by atoms with Crippen molar-refractivity contribution in [2.45, 2.75) is 38.2 Å². The lowest BCUT2D eigenvalue weighted by atomic mass is 9.97. The number of methoxy groups -OCH3 is 2. The van der Waals surface area contributed by atoms with Crippen LogP contribution in [-0.2, 0) is 14.2 Å². The van der Waals surface area contributed by atoms with E-state index >= 15 is 0 Å². The van der Waals surface area contributed by atoms with Crippen molar-refractivity contribution in [2.24, 2.45) is 10.9 Å². The molecule has 2 aliphatic heterocycles. The summed E-state index contributed by atoms with van der Waals surface area (Å²) in [5.41, 5.74) is 0. The number of nitrogens with zero attached hydrogens (tertiary/aromatic N) is 3. The average molecular weight is 385 g/mol. The van der Waals surface area contributed by atoms with E-state index in [2.05, 4.69) is 20.1 Å². The first kappa shape index (κ1) is 22.4. The topological polar surface area (TPSA) is 58.6 Å². The van der Waals surface area contributed by atoms with Crippen molar-refractivity contribution < 1.29 is 14.2 Å². The normalized spacial score (nSPS) is 21.0. The van der Waals surface area contributed by atoms with Gasteiger partial charge in [-0.15, -0.1) is 0 Å². The summed E-state index contributed by atoms with van der Waals surface area (Å²) >= 11 is 0. The van der Waals surface area contributed by atoms with Gasteiger partial charge in [0.05, 0.1) is 12.7 Å². The van der Waals surface area contributed by atoms with Gasteiger partial charge in [0.25, 0.3) is 0 Å². The van der Waals surface area contributed by atoms with E-state index < -0.39 is 0 Å². The Balaban J connectivity index is 1.61. The van der Waals surface area contributed by atoms with Crippen molar-refractivity contribution in [2.75, 3.05) is 80.4 Å². The van der Waals surface area contributed by atoms with Gasteiger partial charge in [0, 0.05) is 60.7 Å². The van der Waals surface area contributed by atoms with E-state index in [1.165, 1.54) is 25.9 Å². The van der Waals surface area contributed by atoms with Crippen molar-refractivity contribution in [1.29, 1.82) is 0 Å². The molecule has 2 heterocycles. The third-order valence-electron chi connectivity index (χ3n) is 5.67. The Hall–Kier alpha value is -0.890. The number of piperidine rings is 2. The van der Waals surface area contributed by atoms with Crippen LogP contribution in [0.25, 0.3) is 0 Å². The molecule has 2 fully saturated rings. The van der Waals surface area contributed by atoms with Crippen LogP contribution < -0.4 is 5.32 Å². The second-order valence-corrected chi connectivity index (χ2v) is 7.61. The van der Waals surface area contributed by atoms with Gasteiger partial charge < -0.3 is 29.3 Å². The standard InChI is InChI=1S/C20H40N4O3/c1-21-20(22-17-18-5-9-23(10-6-18)13-16-26-3)24-11-7-19(8-12-24)27-15-4-14-25-2/h18-19H,4-17H2,1-3H3,(H,21,22). The Kier molecular flexibility index (Phi) is 11.0. The van der Waals surface area contributed by atoms with Gasteiger partial charge in [0.15, 0.2) is 5.96 Å². The summed E-state index contributed by atoms with van der Waals surface area (Å²) in [6.45, 7) is 8.89. The molecule has 0 aromatic rings. The lowest BCUT2D eigenvalue weighted by Crippen LogP contribution is -2.48. The fourth-order valence-corrected chi connectivity index (χ4v) is 3.89. The quantitative estimate of drug-likeness (QED) is 0.349. The van der Waals surface area contributed by atoms with E-state index in [1.807, 2.05) is 7.05 Å². The first-order valence-electron chi connectivity index (χ1n) is 10.5.